The SMILES string of the molecule is N=C(N)/N=C/c1ccc([N+](=O)[O-])cc1. The van der Waals surface area contributed by atoms with Gasteiger partial charge in [-0.25, -0.2) is 4.99 Å². The summed E-state index contributed by atoms with van der Waals surface area (Å²) in [5.41, 5.74) is 5.67. The van der Waals surface area contributed by atoms with Crippen molar-refractivity contribution >= 4 is 17.9 Å². The van der Waals surface area contributed by atoms with E-state index in [-0.39, 0.29) is 11.6 Å². The minimum atomic E-state index is -0.480. The molecule has 0 amide bonds. The first-order valence-electron chi connectivity index (χ1n) is 3.72. The highest BCUT2D eigenvalue weighted by Gasteiger charge is 2.02. The average molecular weight is 192 g/mol. The summed E-state index contributed by atoms with van der Waals surface area (Å²) in [6.45, 7) is 0. The van der Waals surface area contributed by atoms with Crippen LogP contribution in [0.4, 0.5) is 5.69 Å². The highest BCUT2D eigenvalue weighted by molar-refractivity contribution is 5.91. The lowest BCUT2D eigenvalue weighted by Gasteiger charge is -1.92. The topological polar surface area (TPSA) is 105 Å². The molecule has 0 fully saturated rings. The number of guanidine groups is 1. The normalized spacial score (nSPS) is 10.3. The molecule has 0 aliphatic heterocycles. The van der Waals surface area contributed by atoms with Crippen LogP contribution in [-0.4, -0.2) is 17.1 Å². The second-order valence-electron chi connectivity index (χ2n) is 2.49. The van der Waals surface area contributed by atoms with Gasteiger partial charge < -0.3 is 5.73 Å². The van der Waals surface area contributed by atoms with E-state index in [9.17, 15) is 10.1 Å². The van der Waals surface area contributed by atoms with Crippen molar-refractivity contribution in [3.63, 3.8) is 0 Å². The first kappa shape index (κ1) is 9.85. The fraction of sp³-hybridized carbons (Fsp3) is 0. The van der Waals surface area contributed by atoms with E-state index in [1.165, 1.54) is 30.5 Å². The molecular formula is C8H8N4O2. The molecule has 0 saturated heterocycles. The molecule has 0 unspecified atom stereocenters. The molecule has 0 atom stereocenters. The molecule has 0 aliphatic carbocycles. The summed E-state index contributed by atoms with van der Waals surface area (Å²) in [5.74, 6) is -0.302. The molecular weight excluding hydrogens is 184 g/mol. The number of nitrogens with zero attached hydrogens (tertiary/aromatic N) is 2. The van der Waals surface area contributed by atoms with E-state index in [1.807, 2.05) is 0 Å². The van der Waals surface area contributed by atoms with Crippen molar-refractivity contribution in [2.24, 2.45) is 10.7 Å². The molecule has 0 aliphatic rings. The highest BCUT2D eigenvalue weighted by Crippen LogP contribution is 2.10. The molecule has 0 radical (unpaired) electrons. The molecule has 72 valence electrons. The van der Waals surface area contributed by atoms with E-state index in [4.69, 9.17) is 11.1 Å². The predicted molar refractivity (Wildman–Crippen MR) is 52.6 cm³/mol. The predicted octanol–water partition coefficient (Wildman–Crippen LogP) is 0.907. The van der Waals surface area contributed by atoms with Gasteiger partial charge in [0.25, 0.3) is 5.69 Å². The number of nitrogens with two attached hydrogens (primary N) is 1. The molecule has 0 saturated carbocycles. The van der Waals surface area contributed by atoms with Crippen molar-refractivity contribution in [1.82, 2.24) is 0 Å². The summed E-state index contributed by atoms with van der Waals surface area (Å²) in [7, 11) is 0. The van der Waals surface area contributed by atoms with E-state index >= 15 is 0 Å². The third-order valence-corrected chi connectivity index (χ3v) is 1.46. The van der Waals surface area contributed by atoms with E-state index in [0.29, 0.717) is 5.56 Å². The fourth-order valence-corrected chi connectivity index (χ4v) is 0.826. The first-order chi connectivity index (χ1) is 6.59. The summed E-state index contributed by atoms with van der Waals surface area (Å²) < 4.78 is 0. The highest BCUT2D eigenvalue weighted by atomic mass is 16.6. The molecule has 0 bridgehead atoms. The number of non-ortho nitro benzene ring substituents is 1. The lowest BCUT2D eigenvalue weighted by molar-refractivity contribution is -0.384. The summed E-state index contributed by atoms with van der Waals surface area (Å²) in [6.07, 6.45) is 1.37. The van der Waals surface area contributed by atoms with Crippen molar-refractivity contribution in [3.05, 3.63) is 39.9 Å². The van der Waals surface area contributed by atoms with Crippen molar-refractivity contribution in [2.75, 3.05) is 0 Å². The molecule has 0 heterocycles. The number of rotatable bonds is 2. The van der Waals surface area contributed by atoms with Gasteiger partial charge in [-0.1, -0.05) is 0 Å². The van der Waals surface area contributed by atoms with E-state index in [0.717, 1.165) is 0 Å². The number of nitro groups is 1. The number of nitrogens with one attached hydrogen (secondary N) is 1. The Balaban J connectivity index is 2.83. The fourth-order valence-electron chi connectivity index (χ4n) is 0.826. The summed E-state index contributed by atoms with van der Waals surface area (Å²) in [4.78, 5) is 13.4. The van der Waals surface area contributed by atoms with Crippen molar-refractivity contribution in [2.45, 2.75) is 0 Å². The molecule has 14 heavy (non-hydrogen) atoms. The van der Waals surface area contributed by atoms with Gasteiger partial charge in [0.2, 0.25) is 5.96 Å². The second kappa shape index (κ2) is 4.13. The molecule has 1 aromatic rings. The quantitative estimate of drug-likeness (QED) is 0.314. The number of benzene rings is 1. The Morgan fingerprint density at radius 2 is 2.07 bits per heavy atom. The maximum atomic E-state index is 10.3. The summed E-state index contributed by atoms with van der Waals surface area (Å²) >= 11 is 0. The van der Waals surface area contributed by atoms with Gasteiger partial charge in [0.15, 0.2) is 0 Å². The van der Waals surface area contributed by atoms with Crippen LogP contribution in [0.2, 0.25) is 0 Å². The van der Waals surface area contributed by atoms with Crippen LogP contribution in [0.15, 0.2) is 29.3 Å². The lowest BCUT2D eigenvalue weighted by Crippen LogP contribution is -2.05. The number of hydrogen-bond donors (Lipinski definition) is 2. The zero-order valence-electron chi connectivity index (χ0n) is 7.18. The van der Waals surface area contributed by atoms with Crippen LogP contribution in [-0.2, 0) is 0 Å². The van der Waals surface area contributed by atoms with Crippen LogP contribution in [0.3, 0.4) is 0 Å². The van der Waals surface area contributed by atoms with E-state index < -0.39 is 4.92 Å². The third kappa shape index (κ3) is 2.67. The van der Waals surface area contributed by atoms with E-state index in [2.05, 4.69) is 4.99 Å². The first-order valence-corrected chi connectivity index (χ1v) is 3.72. The number of aliphatic imine (C=N–C) groups is 1. The maximum absolute atomic E-state index is 10.3. The molecule has 3 N–H and O–H groups in total. The van der Waals surface area contributed by atoms with Gasteiger partial charge in [-0.3, -0.25) is 15.5 Å². The number of hydrogen-bond acceptors (Lipinski definition) is 3. The Morgan fingerprint density at radius 1 is 1.50 bits per heavy atom. The standard InChI is InChI=1S/C8H8N4O2/c9-8(10)11-5-6-1-3-7(4-2-6)12(13)14/h1-5H,(H3,9,10)/b11-5+. The Kier molecular flexibility index (Phi) is 2.90. The summed E-state index contributed by atoms with van der Waals surface area (Å²) in [5, 5.41) is 17.1. The summed E-state index contributed by atoms with van der Waals surface area (Å²) in [6, 6.07) is 5.79. The Hall–Kier alpha value is -2.24. The van der Waals surface area contributed by atoms with Crippen LogP contribution in [0.5, 0.6) is 0 Å². The third-order valence-electron chi connectivity index (χ3n) is 1.46. The van der Waals surface area contributed by atoms with Gasteiger partial charge in [0.1, 0.15) is 0 Å². The maximum Gasteiger partial charge on any atom is 0.269 e. The van der Waals surface area contributed by atoms with Gasteiger partial charge in [-0.2, -0.15) is 0 Å². The Morgan fingerprint density at radius 3 is 2.50 bits per heavy atom. The van der Waals surface area contributed by atoms with Gasteiger partial charge >= 0.3 is 0 Å². The van der Waals surface area contributed by atoms with Crippen molar-refractivity contribution in [3.8, 4) is 0 Å². The smallest absolute Gasteiger partial charge is 0.269 e. The van der Waals surface area contributed by atoms with Gasteiger partial charge in [-0.05, 0) is 17.7 Å². The van der Waals surface area contributed by atoms with Gasteiger partial charge in [0.05, 0.1) is 4.92 Å². The lowest BCUT2D eigenvalue weighted by atomic mass is 10.2. The van der Waals surface area contributed by atoms with Crippen LogP contribution in [0, 0.1) is 15.5 Å². The van der Waals surface area contributed by atoms with Crippen LogP contribution in [0.25, 0.3) is 0 Å². The molecule has 0 aromatic heterocycles. The Labute approximate surface area is 79.7 Å². The molecule has 6 nitrogen and oxygen atoms in total. The van der Waals surface area contributed by atoms with E-state index in [1.54, 1.807) is 0 Å². The zero-order valence-corrected chi connectivity index (χ0v) is 7.18. The van der Waals surface area contributed by atoms with Crippen molar-refractivity contribution in [1.29, 1.82) is 5.41 Å². The van der Waals surface area contributed by atoms with Gasteiger partial charge in [-0.15, -0.1) is 0 Å². The van der Waals surface area contributed by atoms with Crippen LogP contribution < -0.4 is 5.73 Å². The van der Waals surface area contributed by atoms with Gasteiger partial charge in [0, 0.05) is 18.3 Å². The van der Waals surface area contributed by atoms with Crippen LogP contribution in [0.1, 0.15) is 5.56 Å². The minimum absolute atomic E-state index is 0.0185. The average Bonchev–Trinajstić information content (AvgIpc) is 2.15. The monoisotopic (exact) mass is 192 g/mol. The largest absolute Gasteiger partial charge is 0.368 e. The molecule has 6 heteroatoms. The molecule has 1 rings (SSSR count). The second-order valence-corrected chi connectivity index (χ2v) is 2.49. The Bertz CT molecular complexity index is 383. The minimum Gasteiger partial charge on any atom is -0.368 e. The van der Waals surface area contributed by atoms with Crippen molar-refractivity contribution < 1.29 is 4.92 Å². The number of nitro benzene ring substituents is 1. The van der Waals surface area contributed by atoms with Crippen LogP contribution >= 0.6 is 0 Å². The zero-order chi connectivity index (χ0) is 10.6. The molecule has 0 spiro atoms. The molecule has 1 aromatic carbocycles.